The number of rotatable bonds is 4. The number of ether oxygens (including phenoxy) is 2. The van der Waals surface area contributed by atoms with Crippen LogP contribution in [0, 0.1) is 5.92 Å². The maximum Gasteiger partial charge on any atom is 0.321 e. The zero-order valence-corrected chi connectivity index (χ0v) is 17.1. The van der Waals surface area contributed by atoms with Gasteiger partial charge in [0.05, 0.1) is 6.54 Å². The van der Waals surface area contributed by atoms with E-state index < -0.39 is 0 Å². The maximum absolute atomic E-state index is 12.9. The summed E-state index contributed by atoms with van der Waals surface area (Å²) < 4.78 is 11.7. The van der Waals surface area contributed by atoms with Crippen molar-refractivity contribution in [3.8, 4) is 11.5 Å². The van der Waals surface area contributed by atoms with Gasteiger partial charge in [0.25, 0.3) is 0 Å². The number of likely N-dealkylation sites (N-methyl/N-ethyl adjacent to an activating group) is 1. The molecule has 2 heterocycles. The number of nitrogens with zero attached hydrogens (tertiary/aromatic N) is 2. The van der Waals surface area contributed by atoms with Crippen molar-refractivity contribution in [1.29, 1.82) is 0 Å². The van der Waals surface area contributed by atoms with Crippen LogP contribution in [0.2, 0.25) is 0 Å². The Kier molecular flexibility index (Phi) is 6.07. The Bertz CT molecular complexity index is 881. The monoisotopic (exact) mass is 409 g/mol. The van der Waals surface area contributed by atoms with E-state index in [-0.39, 0.29) is 24.0 Å². The molecule has 0 aliphatic carbocycles. The van der Waals surface area contributed by atoms with Gasteiger partial charge in [-0.2, -0.15) is 0 Å². The highest BCUT2D eigenvalue weighted by atomic mass is 16.6. The minimum atomic E-state index is -0.189. The van der Waals surface area contributed by atoms with Crippen LogP contribution in [-0.2, 0) is 4.79 Å². The average molecular weight is 409 g/mol. The fourth-order valence-electron chi connectivity index (χ4n) is 3.91. The first-order chi connectivity index (χ1) is 14.6. The molecule has 1 saturated heterocycles. The van der Waals surface area contributed by atoms with Gasteiger partial charge in [-0.05, 0) is 37.1 Å². The molecule has 0 bridgehead atoms. The summed E-state index contributed by atoms with van der Waals surface area (Å²) in [4.78, 5) is 28.8. The summed E-state index contributed by atoms with van der Waals surface area (Å²) in [7, 11) is 1.81. The molecule has 158 valence electrons. The molecule has 1 unspecified atom stereocenters. The van der Waals surface area contributed by atoms with Gasteiger partial charge in [0.1, 0.15) is 6.61 Å². The highest BCUT2D eigenvalue weighted by Gasteiger charge is 2.31. The van der Waals surface area contributed by atoms with Crippen LogP contribution < -0.4 is 14.8 Å². The Labute approximate surface area is 176 Å². The summed E-state index contributed by atoms with van der Waals surface area (Å²) in [6, 6.07) is 16.8. The Morgan fingerprint density at radius 2 is 1.70 bits per heavy atom. The quantitative estimate of drug-likeness (QED) is 0.842. The highest BCUT2D eigenvalue weighted by Crippen LogP contribution is 2.31. The summed E-state index contributed by atoms with van der Waals surface area (Å²) in [6.07, 6.45) is 1.14. The van der Waals surface area contributed by atoms with E-state index >= 15 is 0 Å². The Morgan fingerprint density at radius 1 is 1.03 bits per heavy atom. The summed E-state index contributed by atoms with van der Waals surface area (Å²) in [5, 5.41) is 2.90. The molecule has 2 aromatic rings. The van der Waals surface area contributed by atoms with Crippen molar-refractivity contribution in [2.45, 2.75) is 18.9 Å². The standard InChI is InChI=1S/C23H27N3O4/c1-25(15-19-16-29-20-9-5-6-10-21(20)30-19)22(27)17-11-13-26(14-12-17)23(28)24-18-7-3-2-4-8-18/h2-10,17,19H,11-16H2,1H3,(H,24,28). The first-order valence-electron chi connectivity index (χ1n) is 10.3. The SMILES string of the molecule is CN(CC1COc2ccccc2O1)C(=O)C1CCN(C(=O)Nc2ccccc2)CC1. The van der Waals surface area contributed by atoms with Crippen LogP contribution >= 0.6 is 0 Å². The third-order valence-corrected chi connectivity index (χ3v) is 5.58. The number of amides is 3. The van der Waals surface area contributed by atoms with Crippen molar-refractivity contribution >= 4 is 17.6 Å². The molecule has 2 aromatic carbocycles. The second kappa shape index (κ2) is 9.07. The molecule has 0 radical (unpaired) electrons. The molecule has 2 aliphatic rings. The van der Waals surface area contributed by atoms with Crippen LogP contribution in [0.15, 0.2) is 54.6 Å². The summed E-state index contributed by atoms with van der Waals surface area (Å²) in [5.74, 6) is 1.48. The third-order valence-electron chi connectivity index (χ3n) is 5.58. The summed E-state index contributed by atoms with van der Waals surface area (Å²) in [6.45, 7) is 2.03. The van der Waals surface area contributed by atoms with Gasteiger partial charge in [-0.15, -0.1) is 0 Å². The van der Waals surface area contributed by atoms with E-state index in [1.807, 2.05) is 54.6 Å². The molecule has 4 rings (SSSR count). The first kappa shape index (κ1) is 20.1. The second-order valence-corrected chi connectivity index (χ2v) is 7.77. The Morgan fingerprint density at radius 3 is 2.43 bits per heavy atom. The van der Waals surface area contributed by atoms with Gasteiger partial charge in [-0.3, -0.25) is 4.79 Å². The van der Waals surface area contributed by atoms with E-state index in [0.717, 1.165) is 11.4 Å². The van der Waals surface area contributed by atoms with Crippen LogP contribution in [0.1, 0.15) is 12.8 Å². The normalized spacial score (nSPS) is 18.6. The molecule has 7 heteroatoms. The number of hydrogen-bond acceptors (Lipinski definition) is 4. The second-order valence-electron chi connectivity index (χ2n) is 7.77. The van der Waals surface area contributed by atoms with E-state index in [4.69, 9.17) is 9.47 Å². The summed E-state index contributed by atoms with van der Waals surface area (Å²) in [5.41, 5.74) is 0.775. The van der Waals surface area contributed by atoms with Crippen LogP contribution in [0.4, 0.5) is 10.5 Å². The number of hydrogen-bond donors (Lipinski definition) is 1. The van der Waals surface area contributed by atoms with Crippen molar-refractivity contribution < 1.29 is 19.1 Å². The van der Waals surface area contributed by atoms with Crippen LogP contribution in [0.25, 0.3) is 0 Å². The number of para-hydroxylation sites is 3. The molecule has 1 atom stereocenters. The predicted octanol–water partition coefficient (Wildman–Crippen LogP) is 3.23. The van der Waals surface area contributed by atoms with E-state index in [1.165, 1.54) is 0 Å². The number of piperidine rings is 1. The Balaban J connectivity index is 1.24. The fraction of sp³-hybridized carbons (Fsp3) is 0.391. The Hall–Kier alpha value is -3.22. The van der Waals surface area contributed by atoms with Gasteiger partial charge in [-0.1, -0.05) is 30.3 Å². The molecule has 0 spiro atoms. The molecule has 7 nitrogen and oxygen atoms in total. The van der Waals surface area contributed by atoms with Gasteiger partial charge in [-0.25, -0.2) is 4.79 Å². The molecular formula is C23H27N3O4. The van der Waals surface area contributed by atoms with Gasteiger partial charge >= 0.3 is 6.03 Å². The van der Waals surface area contributed by atoms with Crippen molar-refractivity contribution in [1.82, 2.24) is 9.80 Å². The number of anilines is 1. The lowest BCUT2D eigenvalue weighted by Crippen LogP contribution is -2.47. The lowest BCUT2D eigenvalue weighted by Gasteiger charge is -2.34. The first-order valence-corrected chi connectivity index (χ1v) is 10.3. The molecule has 0 saturated carbocycles. The minimum Gasteiger partial charge on any atom is -0.486 e. The number of urea groups is 1. The van der Waals surface area contributed by atoms with Gasteiger partial charge in [0, 0.05) is 31.7 Å². The van der Waals surface area contributed by atoms with Gasteiger partial charge in [0.15, 0.2) is 17.6 Å². The van der Waals surface area contributed by atoms with E-state index in [9.17, 15) is 9.59 Å². The number of carbonyl (C=O) groups excluding carboxylic acids is 2. The lowest BCUT2D eigenvalue weighted by atomic mass is 9.95. The fourth-order valence-corrected chi connectivity index (χ4v) is 3.91. The van der Waals surface area contributed by atoms with Crippen LogP contribution in [0.3, 0.4) is 0 Å². The smallest absolute Gasteiger partial charge is 0.321 e. The third kappa shape index (κ3) is 4.67. The molecule has 1 fully saturated rings. The largest absolute Gasteiger partial charge is 0.486 e. The average Bonchev–Trinajstić information content (AvgIpc) is 2.79. The van der Waals surface area contributed by atoms with E-state index in [0.29, 0.717) is 44.8 Å². The van der Waals surface area contributed by atoms with Crippen molar-refractivity contribution in [2.75, 3.05) is 38.6 Å². The maximum atomic E-state index is 12.9. The topological polar surface area (TPSA) is 71.1 Å². The van der Waals surface area contributed by atoms with Crippen molar-refractivity contribution in [2.24, 2.45) is 5.92 Å². The van der Waals surface area contributed by atoms with Crippen LogP contribution in [0.5, 0.6) is 11.5 Å². The molecule has 1 N–H and O–H groups in total. The van der Waals surface area contributed by atoms with Crippen molar-refractivity contribution in [3.05, 3.63) is 54.6 Å². The van der Waals surface area contributed by atoms with Crippen molar-refractivity contribution in [3.63, 3.8) is 0 Å². The molecule has 30 heavy (non-hydrogen) atoms. The van der Waals surface area contributed by atoms with Gasteiger partial charge in [0.2, 0.25) is 5.91 Å². The zero-order chi connectivity index (χ0) is 20.9. The van der Waals surface area contributed by atoms with Crippen LogP contribution in [-0.4, -0.2) is 61.1 Å². The predicted molar refractivity (Wildman–Crippen MR) is 114 cm³/mol. The summed E-state index contributed by atoms with van der Waals surface area (Å²) >= 11 is 0. The molecule has 2 aliphatic heterocycles. The number of fused-ring (bicyclic) bond motifs is 1. The molecule has 0 aromatic heterocycles. The molecular weight excluding hydrogens is 382 g/mol. The minimum absolute atomic E-state index is 0.0763. The van der Waals surface area contributed by atoms with Gasteiger partial charge < -0.3 is 24.6 Å². The molecule has 3 amide bonds. The highest BCUT2D eigenvalue weighted by molar-refractivity contribution is 5.89. The van der Waals surface area contributed by atoms with E-state index in [2.05, 4.69) is 5.32 Å². The number of carbonyl (C=O) groups is 2. The number of nitrogens with one attached hydrogen (secondary N) is 1. The number of likely N-dealkylation sites (tertiary alicyclic amines) is 1. The number of benzene rings is 2. The zero-order valence-electron chi connectivity index (χ0n) is 17.1. The lowest BCUT2D eigenvalue weighted by molar-refractivity contribution is -0.136. The van der Waals surface area contributed by atoms with E-state index in [1.54, 1.807) is 16.8 Å².